The molecule has 0 spiro atoms. The molecule has 0 aliphatic carbocycles. The van der Waals surface area contributed by atoms with E-state index in [1.54, 1.807) is 12.1 Å². The number of benzene rings is 2. The molecule has 0 unspecified atom stereocenters. The second-order valence-electron chi connectivity index (χ2n) is 4.46. The smallest absolute Gasteiger partial charge is 0.255 e. The van der Waals surface area contributed by atoms with Crippen LogP contribution in [0.5, 0.6) is 0 Å². The molecule has 3 nitrogen and oxygen atoms in total. The topological polar surface area (TPSA) is 55.1 Å². The molecule has 3 N–H and O–H groups in total. The van der Waals surface area contributed by atoms with Crippen molar-refractivity contribution < 1.29 is 4.79 Å². The molecule has 98 valence electrons. The summed E-state index contributed by atoms with van der Waals surface area (Å²) in [5.74, 6) is -0.143. The van der Waals surface area contributed by atoms with Crippen LogP contribution in [0.3, 0.4) is 0 Å². The molecule has 0 saturated carbocycles. The normalized spacial score (nSPS) is 10.3. The number of carbonyl (C=O) groups is 1. The zero-order valence-corrected chi connectivity index (χ0v) is 12.4. The second-order valence-corrected chi connectivity index (χ2v) is 5.37. The van der Waals surface area contributed by atoms with Gasteiger partial charge in [-0.15, -0.1) is 0 Å². The van der Waals surface area contributed by atoms with Gasteiger partial charge in [-0.25, -0.2) is 0 Å². The minimum Gasteiger partial charge on any atom is -0.397 e. The molecule has 0 fully saturated rings. The van der Waals surface area contributed by atoms with Crippen LogP contribution in [0, 0.1) is 13.8 Å². The highest BCUT2D eigenvalue weighted by molar-refractivity contribution is 9.10. The molecule has 2 aromatic rings. The van der Waals surface area contributed by atoms with Gasteiger partial charge in [0.15, 0.2) is 0 Å². The number of nitrogens with one attached hydrogen (secondary N) is 1. The van der Waals surface area contributed by atoms with Gasteiger partial charge < -0.3 is 11.1 Å². The quantitative estimate of drug-likeness (QED) is 0.825. The van der Waals surface area contributed by atoms with E-state index in [1.165, 1.54) is 0 Å². The molecule has 4 heteroatoms. The minimum atomic E-state index is -0.143. The first kappa shape index (κ1) is 13.6. The molecular weight excluding hydrogens is 304 g/mol. The highest BCUT2D eigenvalue weighted by Gasteiger charge is 2.12. The van der Waals surface area contributed by atoms with E-state index in [9.17, 15) is 4.79 Å². The Labute approximate surface area is 121 Å². The van der Waals surface area contributed by atoms with Gasteiger partial charge in [0, 0.05) is 10.0 Å². The maximum atomic E-state index is 12.2. The fourth-order valence-corrected chi connectivity index (χ4v) is 2.54. The number of aryl methyl sites for hydroxylation is 2. The maximum absolute atomic E-state index is 12.2. The average molecular weight is 319 g/mol. The van der Waals surface area contributed by atoms with Crippen molar-refractivity contribution in [3.05, 3.63) is 57.6 Å². The van der Waals surface area contributed by atoms with Gasteiger partial charge in [-0.1, -0.05) is 34.1 Å². The van der Waals surface area contributed by atoms with Gasteiger partial charge in [0.05, 0.1) is 11.4 Å². The third-order valence-electron chi connectivity index (χ3n) is 2.96. The van der Waals surface area contributed by atoms with Crippen molar-refractivity contribution in [3.8, 4) is 0 Å². The molecule has 0 aromatic heterocycles. The van der Waals surface area contributed by atoms with E-state index in [2.05, 4.69) is 21.2 Å². The lowest BCUT2D eigenvalue weighted by atomic mass is 10.1. The van der Waals surface area contributed by atoms with E-state index >= 15 is 0 Å². The van der Waals surface area contributed by atoms with Crippen LogP contribution >= 0.6 is 15.9 Å². The van der Waals surface area contributed by atoms with Crippen molar-refractivity contribution in [2.24, 2.45) is 0 Å². The molecule has 19 heavy (non-hydrogen) atoms. The summed E-state index contributed by atoms with van der Waals surface area (Å²) in [6, 6.07) is 11.2. The molecule has 2 rings (SSSR count). The fourth-order valence-electron chi connectivity index (χ4n) is 1.95. The minimum absolute atomic E-state index is 0.143. The van der Waals surface area contributed by atoms with Crippen molar-refractivity contribution in [2.75, 3.05) is 11.1 Å². The predicted molar refractivity (Wildman–Crippen MR) is 82.4 cm³/mol. The highest BCUT2D eigenvalue weighted by Crippen LogP contribution is 2.28. The third-order valence-corrected chi connectivity index (χ3v) is 3.42. The van der Waals surface area contributed by atoms with Crippen molar-refractivity contribution in [1.29, 1.82) is 0 Å². The Kier molecular flexibility index (Phi) is 3.90. The summed E-state index contributed by atoms with van der Waals surface area (Å²) in [7, 11) is 0. The SMILES string of the molecule is Cc1ccccc1C(=O)Nc1c(C)cc(Br)cc1N. The average Bonchev–Trinajstić information content (AvgIpc) is 2.34. The van der Waals surface area contributed by atoms with Crippen LogP contribution in [0.2, 0.25) is 0 Å². The monoisotopic (exact) mass is 318 g/mol. The third kappa shape index (κ3) is 2.96. The summed E-state index contributed by atoms with van der Waals surface area (Å²) < 4.78 is 0.899. The number of anilines is 2. The van der Waals surface area contributed by atoms with Crippen molar-refractivity contribution in [3.63, 3.8) is 0 Å². The fraction of sp³-hybridized carbons (Fsp3) is 0.133. The number of nitrogen functional groups attached to an aromatic ring is 1. The lowest BCUT2D eigenvalue weighted by molar-refractivity contribution is 0.102. The van der Waals surface area contributed by atoms with Gasteiger partial charge in [0.25, 0.3) is 5.91 Å². The standard InChI is InChI=1S/C15H15BrN2O/c1-9-5-3-4-6-12(9)15(19)18-14-10(2)7-11(16)8-13(14)17/h3-8H,17H2,1-2H3,(H,18,19). The van der Waals surface area contributed by atoms with E-state index in [-0.39, 0.29) is 5.91 Å². The molecule has 2 aromatic carbocycles. The summed E-state index contributed by atoms with van der Waals surface area (Å²) >= 11 is 3.38. The van der Waals surface area contributed by atoms with Crippen LogP contribution in [0.15, 0.2) is 40.9 Å². The number of halogens is 1. The molecular formula is C15H15BrN2O. The Morgan fingerprint density at radius 1 is 1.16 bits per heavy atom. The molecule has 0 aliphatic heterocycles. The molecule has 0 heterocycles. The first-order chi connectivity index (χ1) is 8.99. The molecule has 1 amide bonds. The summed E-state index contributed by atoms with van der Waals surface area (Å²) in [5, 5.41) is 2.88. The summed E-state index contributed by atoms with van der Waals surface area (Å²) in [6.45, 7) is 3.82. The lowest BCUT2D eigenvalue weighted by Gasteiger charge is -2.13. The number of hydrogen-bond donors (Lipinski definition) is 2. The van der Waals surface area contributed by atoms with Crippen molar-refractivity contribution >= 4 is 33.2 Å². The van der Waals surface area contributed by atoms with Crippen molar-refractivity contribution in [1.82, 2.24) is 0 Å². The van der Waals surface area contributed by atoms with Gasteiger partial charge >= 0.3 is 0 Å². The van der Waals surface area contributed by atoms with Gasteiger partial charge in [0.2, 0.25) is 0 Å². The largest absolute Gasteiger partial charge is 0.397 e. The van der Waals surface area contributed by atoms with Gasteiger partial charge in [-0.05, 0) is 43.2 Å². The number of rotatable bonds is 2. The molecule has 0 aliphatic rings. The maximum Gasteiger partial charge on any atom is 0.255 e. The van der Waals surface area contributed by atoms with E-state index in [4.69, 9.17) is 5.73 Å². The van der Waals surface area contributed by atoms with Gasteiger partial charge in [-0.3, -0.25) is 4.79 Å². The molecule has 0 saturated heterocycles. The Bertz CT molecular complexity index is 615. The van der Waals surface area contributed by atoms with E-state index in [1.807, 2.05) is 38.1 Å². The van der Waals surface area contributed by atoms with Crippen LogP contribution in [-0.4, -0.2) is 5.91 Å². The first-order valence-corrected chi connectivity index (χ1v) is 6.71. The van der Waals surface area contributed by atoms with Crippen LogP contribution < -0.4 is 11.1 Å². The Balaban J connectivity index is 2.32. The Morgan fingerprint density at radius 3 is 2.47 bits per heavy atom. The predicted octanol–water partition coefficient (Wildman–Crippen LogP) is 3.90. The van der Waals surface area contributed by atoms with E-state index in [0.29, 0.717) is 16.9 Å². The van der Waals surface area contributed by atoms with Gasteiger partial charge in [-0.2, -0.15) is 0 Å². The number of hydrogen-bond acceptors (Lipinski definition) is 2. The molecule has 0 atom stereocenters. The van der Waals surface area contributed by atoms with Gasteiger partial charge in [0.1, 0.15) is 0 Å². The first-order valence-electron chi connectivity index (χ1n) is 5.91. The summed E-state index contributed by atoms with van der Waals surface area (Å²) in [6.07, 6.45) is 0. The van der Waals surface area contributed by atoms with E-state index in [0.717, 1.165) is 15.6 Å². The molecule has 0 radical (unpaired) electrons. The highest BCUT2D eigenvalue weighted by atomic mass is 79.9. The summed E-state index contributed by atoms with van der Waals surface area (Å²) in [4.78, 5) is 12.2. The Morgan fingerprint density at radius 2 is 1.84 bits per heavy atom. The second kappa shape index (κ2) is 5.45. The zero-order valence-electron chi connectivity index (χ0n) is 10.8. The van der Waals surface area contributed by atoms with Crippen LogP contribution in [0.25, 0.3) is 0 Å². The number of nitrogens with two attached hydrogens (primary N) is 1. The van der Waals surface area contributed by atoms with Crippen LogP contribution in [0.1, 0.15) is 21.5 Å². The van der Waals surface area contributed by atoms with Crippen LogP contribution in [-0.2, 0) is 0 Å². The zero-order chi connectivity index (χ0) is 14.0. The lowest BCUT2D eigenvalue weighted by Crippen LogP contribution is -2.15. The van der Waals surface area contributed by atoms with Crippen molar-refractivity contribution in [2.45, 2.75) is 13.8 Å². The van der Waals surface area contributed by atoms with E-state index < -0.39 is 0 Å². The number of carbonyl (C=O) groups excluding carboxylic acids is 1. The summed E-state index contributed by atoms with van der Waals surface area (Å²) in [5.41, 5.74) is 9.67. The number of amides is 1. The van der Waals surface area contributed by atoms with Crippen LogP contribution in [0.4, 0.5) is 11.4 Å². The molecule has 0 bridgehead atoms. The Hall–Kier alpha value is -1.81.